The van der Waals surface area contributed by atoms with E-state index < -0.39 is 5.97 Å². The number of carboxylic acids is 1. The minimum absolute atomic E-state index is 0.347. The van der Waals surface area contributed by atoms with Gasteiger partial charge in [-0.3, -0.25) is 0 Å². The smallest absolute Gasteiger partial charge is 0.162 e. The molecule has 1 rings (SSSR count). The Morgan fingerprint density at radius 3 is 3.00 bits per heavy atom. The van der Waals surface area contributed by atoms with Crippen LogP contribution in [0.4, 0.5) is 0 Å². The predicted octanol–water partition coefficient (Wildman–Crippen LogP) is -2.58. The van der Waals surface area contributed by atoms with Crippen molar-refractivity contribution < 1.29 is 9.90 Å². The number of carbonyl (C=O) groups is 1. The molecule has 1 aromatic rings. The SMILES string of the molecule is O=C([O-])Cn1ncnn1. The zero-order chi connectivity index (χ0) is 6.69. The maximum Gasteiger partial charge on any atom is 0.162 e. The van der Waals surface area contributed by atoms with Crippen molar-refractivity contribution in [3.8, 4) is 0 Å². The van der Waals surface area contributed by atoms with Crippen LogP contribution in [0, 0.1) is 0 Å². The zero-order valence-corrected chi connectivity index (χ0v) is 4.39. The molecule has 6 nitrogen and oxygen atoms in total. The Balaban J connectivity index is 2.58. The number of hydrogen-bond acceptors (Lipinski definition) is 5. The summed E-state index contributed by atoms with van der Waals surface area (Å²) in [6.07, 6.45) is 1.16. The van der Waals surface area contributed by atoms with Crippen LogP contribution >= 0.6 is 0 Å². The second-order valence-electron chi connectivity index (χ2n) is 1.34. The van der Waals surface area contributed by atoms with Gasteiger partial charge >= 0.3 is 0 Å². The fourth-order valence-electron chi connectivity index (χ4n) is 0.376. The van der Waals surface area contributed by atoms with E-state index in [1.54, 1.807) is 0 Å². The van der Waals surface area contributed by atoms with Crippen molar-refractivity contribution in [1.29, 1.82) is 0 Å². The van der Waals surface area contributed by atoms with Gasteiger partial charge in [-0.05, 0) is 5.21 Å². The first-order chi connectivity index (χ1) is 4.29. The van der Waals surface area contributed by atoms with E-state index in [2.05, 4.69) is 15.4 Å². The first kappa shape index (κ1) is 5.67. The number of rotatable bonds is 2. The summed E-state index contributed by atoms with van der Waals surface area (Å²) in [5.74, 6) is -1.23. The van der Waals surface area contributed by atoms with Gasteiger partial charge in [-0.2, -0.15) is 4.80 Å². The monoisotopic (exact) mass is 127 g/mol. The van der Waals surface area contributed by atoms with Gasteiger partial charge in [-0.25, -0.2) is 0 Å². The molecule has 0 aliphatic carbocycles. The Morgan fingerprint density at radius 2 is 2.56 bits per heavy atom. The third kappa shape index (κ3) is 1.48. The second kappa shape index (κ2) is 2.21. The van der Waals surface area contributed by atoms with Crippen LogP contribution in [0.1, 0.15) is 0 Å². The van der Waals surface area contributed by atoms with E-state index in [9.17, 15) is 9.90 Å². The summed E-state index contributed by atoms with van der Waals surface area (Å²) in [7, 11) is 0. The molecular formula is C3H3N4O2-. The Morgan fingerprint density at radius 1 is 1.78 bits per heavy atom. The van der Waals surface area contributed by atoms with E-state index in [1.165, 1.54) is 0 Å². The molecule has 0 radical (unpaired) electrons. The average molecular weight is 127 g/mol. The summed E-state index contributed by atoms with van der Waals surface area (Å²) in [5.41, 5.74) is 0. The van der Waals surface area contributed by atoms with Gasteiger partial charge in [0, 0.05) is 0 Å². The Kier molecular flexibility index (Phi) is 1.39. The van der Waals surface area contributed by atoms with E-state index >= 15 is 0 Å². The zero-order valence-electron chi connectivity index (χ0n) is 4.39. The highest BCUT2D eigenvalue weighted by Crippen LogP contribution is 1.70. The molecule has 0 atom stereocenters. The summed E-state index contributed by atoms with van der Waals surface area (Å²) < 4.78 is 0. The van der Waals surface area contributed by atoms with Gasteiger partial charge < -0.3 is 9.90 Å². The number of tetrazole rings is 1. The first-order valence-corrected chi connectivity index (χ1v) is 2.19. The van der Waals surface area contributed by atoms with E-state index in [0.717, 1.165) is 11.1 Å². The lowest BCUT2D eigenvalue weighted by Gasteiger charge is -1.96. The van der Waals surface area contributed by atoms with Gasteiger partial charge in [0.2, 0.25) is 0 Å². The molecule has 0 aromatic carbocycles. The minimum atomic E-state index is -1.23. The lowest BCUT2D eigenvalue weighted by atomic mass is 10.7. The standard InChI is InChI=1S/C3H4N4O2/c8-3(9)1-7-5-2-4-6-7/h2H,1H2,(H,8,9)/p-1. The van der Waals surface area contributed by atoms with Crippen molar-refractivity contribution >= 4 is 5.97 Å². The largest absolute Gasteiger partial charge is 0.548 e. The summed E-state index contributed by atoms with van der Waals surface area (Å²) in [6.45, 7) is -0.347. The molecular weight excluding hydrogens is 124 g/mol. The highest BCUT2D eigenvalue weighted by Gasteiger charge is 1.89. The van der Waals surface area contributed by atoms with E-state index in [-0.39, 0.29) is 6.54 Å². The molecule has 1 aromatic heterocycles. The number of carboxylic acid groups (broad SMARTS) is 1. The number of nitrogens with zero attached hydrogens (tertiary/aromatic N) is 4. The summed E-state index contributed by atoms with van der Waals surface area (Å²) >= 11 is 0. The van der Waals surface area contributed by atoms with Crippen molar-refractivity contribution in [1.82, 2.24) is 20.2 Å². The normalized spacial score (nSPS) is 9.33. The van der Waals surface area contributed by atoms with Crippen LogP contribution < -0.4 is 5.11 Å². The molecule has 0 fully saturated rings. The molecule has 0 saturated heterocycles. The molecule has 0 amide bonds. The molecule has 48 valence electrons. The maximum atomic E-state index is 9.83. The van der Waals surface area contributed by atoms with Crippen molar-refractivity contribution in [2.24, 2.45) is 0 Å². The van der Waals surface area contributed by atoms with Crippen molar-refractivity contribution in [2.75, 3.05) is 0 Å². The van der Waals surface area contributed by atoms with Crippen molar-refractivity contribution in [2.45, 2.75) is 6.54 Å². The molecule has 0 unspecified atom stereocenters. The Labute approximate surface area is 50.1 Å². The van der Waals surface area contributed by atoms with Crippen LogP contribution in [-0.4, -0.2) is 26.2 Å². The Hall–Kier alpha value is -1.46. The highest BCUT2D eigenvalue weighted by molar-refractivity contribution is 5.63. The lowest BCUT2D eigenvalue weighted by Crippen LogP contribution is -2.28. The third-order valence-electron chi connectivity index (χ3n) is 0.662. The fourth-order valence-corrected chi connectivity index (χ4v) is 0.376. The van der Waals surface area contributed by atoms with Crippen LogP contribution in [0.3, 0.4) is 0 Å². The van der Waals surface area contributed by atoms with E-state index in [0.29, 0.717) is 0 Å². The Bertz CT molecular complexity index is 194. The van der Waals surface area contributed by atoms with Gasteiger partial charge in [0.05, 0.1) is 5.97 Å². The number of carbonyl (C=O) groups excluding carboxylic acids is 1. The minimum Gasteiger partial charge on any atom is -0.548 e. The summed E-state index contributed by atoms with van der Waals surface area (Å²) in [6, 6.07) is 0. The van der Waals surface area contributed by atoms with Crippen LogP contribution in [0.25, 0.3) is 0 Å². The number of aromatic nitrogens is 4. The maximum absolute atomic E-state index is 9.83. The van der Waals surface area contributed by atoms with Gasteiger partial charge in [0.25, 0.3) is 0 Å². The van der Waals surface area contributed by atoms with E-state index in [1.807, 2.05) is 0 Å². The van der Waals surface area contributed by atoms with Crippen molar-refractivity contribution in [3.63, 3.8) is 0 Å². The molecule has 6 heteroatoms. The quantitative estimate of drug-likeness (QED) is 0.435. The molecule has 9 heavy (non-hydrogen) atoms. The number of hydrogen-bond donors (Lipinski definition) is 0. The molecule has 0 spiro atoms. The van der Waals surface area contributed by atoms with Crippen LogP contribution in [0.5, 0.6) is 0 Å². The van der Waals surface area contributed by atoms with Gasteiger partial charge in [0.15, 0.2) is 6.33 Å². The van der Waals surface area contributed by atoms with Gasteiger partial charge in [-0.15, -0.1) is 10.2 Å². The molecule has 0 bridgehead atoms. The first-order valence-electron chi connectivity index (χ1n) is 2.19. The van der Waals surface area contributed by atoms with Crippen molar-refractivity contribution in [3.05, 3.63) is 6.33 Å². The molecule has 0 N–H and O–H groups in total. The van der Waals surface area contributed by atoms with Crippen LogP contribution in [-0.2, 0) is 11.3 Å². The lowest BCUT2D eigenvalue weighted by molar-refractivity contribution is -0.307. The average Bonchev–Trinajstić information content (AvgIpc) is 2.15. The van der Waals surface area contributed by atoms with Crippen LogP contribution in [0.15, 0.2) is 6.33 Å². The molecule has 0 saturated carbocycles. The van der Waals surface area contributed by atoms with Gasteiger partial charge in [-0.1, -0.05) is 0 Å². The predicted molar refractivity (Wildman–Crippen MR) is 22.8 cm³/mol. The highest BCUT2D eigenvalue weighted by atomic mass is 16.4. The second-order valence-corrected chi connectivity index (χ2v) is 1.34. The molecule has 0 aliphatic rings. The summed E-state index contributed by atoms with van der Waals surface area (Å²) in [5, 5.41) is 19.8. The molecule has 0 aliphatic heterocycles. The summed E-state index contributed by atoms with van der Waals surface area (Å²) in [4.78, 5) is 10.8. The van der Waals surface area contributed by atoms with Crippen LogP contribution in [0.2, 0.25) is 0 Å². The third-order valence-corrected chi connectivity index (χ3v) is 0.662. The fraction of sp³-hybridized carbons (Fsp3) is 0.333. The molecule has 1 heterocycles. The topological polar surface area (TPSA) is 83.7 Å². The van der Waals surface area contributed by atoms with E-state index in [4.69, 9.17) is 0 Å². The van der Waals surface area contributed by atoms with Gasteiger partial charge in [0.1, 0.15) is 6.54 Å². The number of aliphatic carboxylic acids is 1.